The fraction of sp³-hybridized carbons (Fsp3) is 0.389. The molecule has 0 atom stereocenters. The summed E-state index contributed by atoms with van der Waals surface area (Å²) >= 11 is 0. The van der Waals surface area contributed by atoms with Crippen molar-refractivity contribution in [3.05, 3.63) is 46.1 Å². The van der Waals surface area contributed by atoms with Gasteiger partial charge in [0, 0.05) is 11.6 Å². The van der Waals surface area contributed by atoms with E-state index >= 15 is 0 Å². The molecule has 0 aliphatic heterocycles. The van der Waals surface area contributed by atoms with E-state index in [-0.39, 0.29) is 30.7 Å². The second-order valence-electron chi connectivity index (χ2n) is 6.95. The highest BCUT2D eigenvalue weighted by Gasteiger charge is 2.21. The van der Waals surface area contributed by atoms with Crippen LogP contribution in [0.5, 0.6) is 0 Å². The molecule has 10 nitrogen and oxygen atoms in total. The van der Waals surface area contributed by atoms with Crippen LogP contribution in [0.25, 0.3) is 11.0 Å². The predicted molar refractivity (Wildman–Crippen MR) is 98.9 cm³/mol. The first-order valence-electron chi connectivity index (χ1n) is 9.14. The molecule has 4 rings (SSSR count). The summed E-state index contributed by atoms with van der Waals surface area (Å²) in [6, 6.07) is 5.37. The summed E-state index contributed by atoms with van der Waals surface area (Å²) in [7, 11) is 0. The summed E-state index contributed by atoms with van der Waals surface area (Å²) in [5, 5.41) is 19.0. The van der Waals surface area contributed by atoms with Crippen LogP contribution in [0.1, 0.15) is 47.8 Å². The average molecular weight is 384 g/mol. The number of fused-ring (bicyclic) bond motifs is 1. The highest BCUT2D eigenvalue weighted by atomic mass is 16.4. The molecule has 1 aromatic carbocycles. The molecule has 2 aromatic heterocycles. The van der Waals surface area contributed by atoms with Gasteiger partial charge in [-0.15, -0.1) is 5.10 Å². The Morgan fingerprint density at radius 3 is 2.82 bits per heavy atom. The Kier molecular flexibility index (Phi) is 4.68. The summed E-state index contributed by atoms with van der Waals surface area (Å²) in [6.45, 7) is -0.168. The number of carbonyl (C=O) groups excluding carboxylic acids is 1. The lowest BCUT2D eigenvalue weighted by Crippen LogP contribution is -2.23. The molecule has 1 fully saturated rings. The maximum absolute atomic E-state index is 12.4. The number of carboxylic acids is 1. The van der Waals surface area contributed by atoms with Crippen LogP contribution < -0.4 is 11.0 Å². The number of H-pyrrole nitrogens is 1. The molecule has 3 aromatic rings. The maximum atomic E-state index is 12.4. The first-order chi connectivity index (χ1) is 13.5. The van der Waals surface area contributed by atoms with E-state index in [1.807, 2.05) is 0 Å². The van der Waals surface area contributed by atoms with Crippen molar-refractivity contribution in [2.75, 3.05) is 0 Å². The van der Waals surface area contributed by atoms with Crippen LogP contribution in [-0.2, 0) is 17.9 Å². The number of hydrogen-bond acceptors (Lipinski definition) is 5. The number of amides is 1. The Labute approximate surface area is 159 Å². The van der Waals surface area contributed by atoms with E-state index in [0.29, 0.717) is 16.8 Å². The second-order valence-corrected chi connectivity index (χ2v) is 6.95. The number of rotatable bonds is 6. The molecule has 146 valence electrons. The summed E-state index contributed by atoms with van der Waals surface area (Å²) in [5.74, 6) is -1.34. The molecule has 0 saturated heterocycles. The van der Waals surface area contributed by atoms with Crippen LogP contribution >= 0.6 is 0 Å². The normalized spacial score (nSPS) is 14.6. The number of aliphatic carboxylic acids is 1. The lowest BCUT2D eigenvalue weighted by Gasteiger charge is -2.11. The zero-order valence-corrected chi connectivity index (χ0v) is 15.1. The first-order valence-corrected chi connectivity index (χ1v) is 9.14. The summed E-state index contributed by atoms with van der Waals surface area (Å²) < 4.78 is 2.98. The van der Waals surface area contributed by atoms with E-state index in [0.717, 1.165) is 31.2 Å². The van der Waals surface area contributed by atoms with Crippen molar-refractivity contribution in [2.24, 2.45) is 0 Å². The summed E-state index contributed by atoms with van der Waals surface area (Å²) in [6.07, 6.45) is 5.72. The average Bonchev–Trinajstić information content (AvgIpc) is 3.37. The van der Waals surface area contributed by atoms with E-state index in [9.17, 15) is 14.4 Å². The molecule has 0 bridgehead atoms. The maximum Gasteiger partial charge on any atom is 0.326 e. The number of carboxylic acid groups (broad SMARTS) is 1. The van der Waals surface area contributed by atoms with Gasteiger partial charge in [-0.1, -0.05) is 18.1 Å². The molecule has 0 radical (unpaired) electrons. The number of nitrogens with zero attached hydrogens (tertiary/aromatic N) is 4. The van der Waals surface area contributed by atoms with Crippen molar-refractivity contribution in [2.45, 2.75) is 44.8 Å². The Morgan fingerprint density at radius 1 is 1.29 bits per heavy atom. The van der Waals surface area contributed by atoms with Crippen LogP contribution in [0.4, 0.5) is 0 Å². The summed E-state index contributed by atoms with van der Waals surface area (Å²) in [5.41, 5.74) is 2.18. The van der Waals surface area contributed by atoms with Gasteiger partial charge in [0.1, 0.15) is 12.2 Å². The van der Waals surface area contributed by atoms with Crippen LogP contribution in [-0.4, -0.2) is 41.5 Å². The van der Waals surface area contributed by atoms with E-state index in [1.54, 1.807) is 22.8 Å². The Balaban J connectivity index is 1.48. The number of nitrogens with one attached hydrogen (secondary N) is 2. The molecule has 0 spiro atoms. The third-order valence-corrected chi connectivity index (χ3v) is 4.98. The standard InChI is InChI=1S/C18H20N6O4/c25-16(26)10-23-9-12(21-22-23)8-19-17(27)11-5-6-15-14(7-11)20-18(28)24(15)13-3-1-2-4-13/h5-7,9,13H,1-4,8,10H2,(H,19,27)(H,20,28)(H,25,26). The van der Waals surface area contributed by atoms with Gasteiger partial charge in [-0.25, -0.2) is 9.48 Å². The van der Waals surface area contributed by atoms with Crippen LogP contribution in [0.3, 0.4) is 0 Å². The minimum atomic E-state index is -1.02. The number of hydrogen-bond donors (Lipinski definition) is 3. The monoisotopic (exact) mass is 384 g/mol. The van der Waals surface area contributed by atoms with Gasteiger partial charge in [-0.3, -0.25) is 14.2 Å². The third kappa shape index (κ3) is 3.53. The van der Waals surface area contributed by atoms with Crippen molar-refractivity contribution in [3.63, 3.8) is 0 Å². The molecule has 28 heavy (non-hydrogen) atoms. The number of carbonyl (C=O) groups is 2. The lowest BCUT2D eigenvalue weighted by atomic mass is 10.1. The number of imidazole rings is 1. The van der Waals surface area contributed by atoms with E-state index < -0.39 is 5.97 Å². The molecule has 1 saturated carbocycles. The van der Waals surface area contributed by atoms with Crippen molar-refractivity contribution < 1.29 is 14.7 Å². The van der Waals surface area contributed by atoms with E-state index in [1.165, 1.54) is 10.9 Å². The zero-order chi connectivity index (χ0) is 19.7. The fourth-order valence-corrected chi connectivity index (χ4v) is 3.71. The zero-order valence-electron chi connectivity index (χ0n) is 15.1. The number of aromatic amines is 1. The number of aromatic nitrogens is 5. The van der Waals surface area contributed by atoms with E-state index in [4.69, 9.17) is 5.11 Å². The molecule has 1 aliphatic rings. The molecule has 2 heterocycles. The Hall–Kier alpha value is -3.43. The molecule has 1 aliphatic carbocycles. The molecule has 3 N–H and O–H groups in total. The topological polar surface area (TPSA) is 135 Å². The fourth-order valence-electron chi connectivity index (χ4n) is 3.71. The highest BCUT2D eigenvalue weighted by molar-refractivity contribution is 5.97. The van der Waals surface area contributed by atoms with Crippen molar-refractivity contribution in [3.8, 4) is 0 Å². The molecular weight excluding hydrogens is 364 g/mol. The highest BCUT2D eigenvalue weighted by Crippen LogP contribution is 2.30. The Bertz CT molecular complexity index is 1090. The van der Waals surface area contributed by atoms with Gasteiger partial charge in [-0.2, -0.15) is 0 Å². The van der Waals surface area contributed by atoms with Crippen LogP contribution in [0, 0.1) is 0 Å². The minimum Gasteiger partial charge on any atom is -0.480 e. The van der Waals surface area contributed by atoms with Gasteiger partial charge in [0.2, 0.25) is 0 Å². The largest absolute Gasteiger partial charge is 0.480 e. The minimum absolute atomic E-state index is 0.121. The molecular formula is C18H20N6O4. The van der Waals surface area contributed by atoms with E-state index in [2.05, 4.69) is 20.6 Å². The number of benzene rings is 1. The Morgan fingerprint density at radius 2 is 2.07 bits per heavy atom. The third-order valence-electron chi connectivity index (χ3n) is 4.98. The molecule has 0 unspecified atom stereocenters. The predicted octanol–water partition coefficient (Wildman–Crippen LogP) is 1.05. The summed E-state index contributed by atoms with van der Waals surface area (Å²) in [4.78, 5) is 38.3. The first kappa shape index (κ1) is 18.0. The van der Waals surface area contributed by atoms with Gasteiger partial charge in [0.15, 0.2) is 0 Å². The SMILES string of the molecule is O=C(O)Cn1cc(CNC(=O)c2ccc3c(c2)[nH]c(=O)n3C2CCCC2)nn1. The molecule has 10 heteroatoms. The van der Waals surface area contributed by atoms with Crippen LogP contribution in [0.15, 0.2) is 29.2 Å². The van der Waals surface area contributed by atoms with Gasteiger partial charge < -0.3 is 15.4 Å². The van der Waals surface area contributed by atoms with Gasteiger partial charge in [0.25, 0.3) is 5.91 Å². The molecule has 1 amide bonds. The van der Waals surface area contributed by atoms with Gasteiger partial charge in [-0.05, 0) is 31.0 Å². The van der Waals surface area contributed by atoms with Crippen molar-refractivity contribution >= 4 is 22.9 Å². The lowest BCUT2D eigenvalue weighted by molar-refractivity contribution is -0.137. The second kappa shape index (κ2) is 7.29. The quantitative estimate of drug-likeness (QED) is 0.581. The van der Waals surface area contributed by atoms with Gasteiger partial charge >= 0.3 is 11.7 Å². The van der Waals surface area contributed by atoms with Crippen molar-refractivity contribution in [1.29, 1.82) is 0 Å². The van der Waals surface area contributed by atoms with Crippen molar-refractivity contribution in [1.82, 2.24) is 29.9 Å². The smallest absolute Gasteiger partial charge is 0.326 e. The van der Waals surface area contributed by atoms with Gasteiger partial charge in [0.05, 0.1) is 23.8 Å². The van der Waals surface area contributed by atoms with Crippen LogP contribution in [0.2, 0.25) is 0 Å².